The van der Waals surface area contributed by atoms with Crippen molar-refractivity contribution in [2.75, 3.05) is 0 Å². The van der Waals surface area contributed by atoms with E-state index < -0.39 is 10.0 Å². The zero-order valence-corrected chi connectivity index (χ0v) is 11.4. The number of nitrogens with zero attached hydrogens (tertiary/aromatic N) is 2. The minimum absolute atomic E-state index is 0.258. The Labute approximate surface area is 117 Å². The Morgan fingerprint density at radius 3 is 2.30 bits per heavy atom. The molecule has 2 heterocycles. The fraction of sp³-hybridized carbons (Fsp3) is 0. The molecule has 20 heavy (non-hydrogen) atoms. The van der Waals surface area contributed by atoms with Crippen molar-refractivity contribution in [3.63, 3.8) is 0 Å². The van der Waals surface area contributed by atoms with Gasteiger partial charge in [0.2, 0.25) is 0 Å². The normalized spacial score (nSPS) is 11.4. The van der Waals surface area contributed by atoms with E-state index in [1.54, 1.807) is 60.8 Å². The Morgan fingerprint density at radius 1 is 0.850 bits per heavy atom. The lowest BCUT2D eigenvalue weighted by Crippen LogP contribution is -2.13. The molecular weight excluding hydrogens is 272 g/mol. The van der Waals surface area contributed by atoms with Gasteiger partial charge in [0.25, 0.3) is 10.0 Å². The molecule has 0 spiro atoms. The van der Waals surface area contributed by atoms with E-state index in [2.05, 4.69) is 4.98 Å². The van der Waals surface area contributed by atoms with Crippen molar-refractivity contribution in [1.29, 1.82) is 0 Å². The van der Waals surface area contributed by atoms with Gasteiger partial charge in [0.05, 0.1) is 16.3 Å². The molecule has 4 nitrogen and oxygen atoms in total. The number of rotatable bonds is 3. The molecule has 0 radical (unpaired) electrons. The summed E-state index contributed by atoms with van der Waals surface area (Å²) >= 11 is 0. The van der Waals surface area contributed by atoms with E-state index in [-0.39, 0.29) is 4.90 Å². The molecule has 3 rings (SSSR count). The topological polar surface area (TPSA) is 52.0 Å². The molecule has 3 aromatic rings. The molecule has 0 aliphatic carbocycles. The molecule has 0 unspecified atom stereocenters. The van der Waals surface area contributed by atoms with Crippen molar-refractivity contribution < 1.29 is 8.42 Å². The Hall–Kier alpha value is -2.40. The van der Waals surface area contributed by atoms with Gasteiger partial charge in [-0.3, -0.25) is 4.98 Å². The van der Waals surface area contributed by atoms with Crippen LogP contribution in [0.3, 0.4) is 0 Å². The van der Waals surface area contributed by atoms with Gasteiger partial charge >= 0.3 is 0 Å². The molecule has 0 saturated carbocycles. The minimum atomic E-state index is -3.60. The van der Waals surface area contributed by atoms with Gasteiger partial charge in [0.15, 0.2) is 0 Å². The maximum atomic E-state index is 12.6. The molecule has 2 aromatic heterocycles. The predicted molar refractivity (Wildman–Crippen MR) is 76.7 cm³/mol. The third-order valence-electron chi connectivity index (χ3n) is 2.94. The van der Waals surface area contributed by atoms with E-state index in [9.17, 15) is 8.42 Å². The summed E-state index contributed by atoms with van der Waals surface area (Å²) in [6.07, 6.45) is 3.17. The largest absolute Gasteiger partial charge is 0.268 e. The first-order valence-electron chi connectivity index (χ1n) is 6.09. The van der Waals surface area contributed by atoms with Crippen molar-refractivity contribution in [1.82, 2.24) is 8.96 Å². The summed E-state index contributed by atoms with van der Waals surface area (Å²) in [5.41, 5.74) is 1.17. The summed E-state index contributed by atoms with van der Waals surface area (Å²) in [7, 11) is -3.60. The third-order valence-corrected chi connectivity index (χ3v) is 4.64. The van der Waals surface area contributed by atoms with Crippen LogP contribution in [-0.2, 0) is 10.0 Å². The van der Waals surface area contributed by atoms with Gasteiger partial charge in [-0.25, -0.2) is 12.4 Å². The third kappa shape index (κ3) is 2.12. The van der Waals surface area contributed by atoms with Crippen LogP contribution in [0.25, 0.3) is 11.4 Å². The molecule has 0 bridgehead atoms. The second kappa shape index (κ2) is 4.94. The molecule has 0 amide bonds. The van der Waals surface area contributed by atoms with Gasteiger partial charge in [0, 0.05) is 12.4 Å². The average Bonchev–Trinajstić information content (AvgIpc) is 2.99. The van der Waals surface area contributed by atoms with Crippen LogP contribution in [0.2, 0.25) is 0 Å². The first kappa shape index (κ1) is 12.6. The Morgan fingerprint density at radius 2 is 1.60 bits per heavy atom. The molecule has 5 heteroatoms. The second-order valence-electron chi connectivity index (χ2n) is 4.22. The second-order valence-corrected chi connectivity index (χ2v) is 6.04. The van der Waals surface area contributed by atoms with Gasteiger partial charge in [-0.1, -0.05) is 24.3 Å². The standard InChI is InChI=1S/C15H12N2O2S/c18-20(19,13-7-2-1-3-8-13)17-12-6-10-15(17)14-9-4-5-11-16-14/h1-12H. The molecule has 0 N–H and O–H groups in total. The van der Waals surface area contributed by atoms with Gasteiger partial charge in [-0.2, -0.15) is 0 Å². The van der Waals surface area contributed by atoms with Crippen LogP contribution in [0.15, 0.2) is 78.0 Å². The van der Waals surface area contributed by atoms with E-state index >= 15 is 0 Å². The van der Waals surface area contributed by atoms with E-state index in [0.29, 0.717) is 11.4 Å². The molecule has 0 aliphatic rings. The van der Waals surface area contributed by atoms with Crippen molar-refractivity contribution in [3.8, 4) is 11.4 Å². The SMILES string of the molecule is O=S(=O)(c1ccccc1)n1cccc1-c1ccccn1. The van der Waals surface area contributed by atoms with Crippen LogP contribution in [-0.4, -0.2) is 17.4 Å². The summed E-state index contributed by atoms with van der Waals surface area (Å²) < 4.78 is 26.5. The van der Waals surface area contributed by atoms with Crippen molar-refractivity contribution >= 4 is 10.0 Å². The maximum Gasteiger partial charge on any atom is 0.268 e. The summed E-state index contributed by atoms with van der Waals surface area (Å²) in [6.45, 7) is 0. The highest BCUT2D eigenvalue weighted by Crippen LogP contribution is 2.23. The highest BCUT2D eigenvalue weighted by atomic mass is 32.2. The van der Waals surface area contributed by atoms with E-state index in [1.165, 1.54) is 10.2 Å². The highest BCUT2D eigenvalue weighted by Gasteiger charge is 2.19. The quantitative estimate of drug-likeness (QED) is 0.743. The average molecular weight is 284 g/mol. The van der Waals surface area contributed by atoms with E-state index in [1.807, 2.05) is 6.07 Å². The molecule has 0 aliphatic heterocycles. The van der Waals surface area contributed by atoms with E-state index in [0.717, 1.165) is 0 Å². The summed E-state index contributed by atoms with van der Waals surface area (Å²) in [5.74, 6) is 0. The number of benzene rings is 1. The lowest BCUT2D eigenvalue weighted by atomic mass is 10.3. The fourth-order valence-corrected chi connectivity index (χ4v) is 3.37. The van der Waals surface area contributed by atoms with Gasteiger partial charge in [-0.05, 0) is 36.4 Å². The van der Waals surface area contributed by atoms with Crippen molar-refractivity contribution in [2.45, 2.75) is 4.90 Å². The maximum absolute atomic E-state index is 12.6. The first-order valence-corrected chi connectivity index (χ1v) is 7.53. The summed E-state index contributed by atoms with van der Waals surface area (Å²) in [4.78, 5) is 4.46. The van der Waals surface area contributed by atoms with Gasteiger partial charge in [-0.15, -0.1) is 0 Å². The number of hydrogen-bond donors (Lipinski definition) is 0. The Bertz CT molecular complexity index is 809. The molecule has 0 saturated heterocycles. The van der Waals surface area contributed by atoms with Gasteiger partial charge in [0.1, 0.15) is 0 Å². The summed E-state index contributed by atoms with van der Waals surface area (Å²) in [6, 6.07) is 17.2. The van der Waals surface area contributed by atoms with Crippen LogP contribution >= 0.6 is 0 Å². The zero-order chi connectivity index (χ0) is 14.0. The Kier molecular flexibility index (Phi) is 3.12. The number of pyridine rings is 1. The van der Waals surface area contributed by atoms with Crippen molar-refractivity contribution in [2.24, 2.45) is 0 Å². The number of aromatic nitrogens is 2. The van der Waals surface area contributed by atoms with Crippen molar-refractivity contribution in [3.05, 3.63) is 73.1 Å². The highest BCUT2D eigenvalue weighted by molar-refractivity contribution is 7.90. The predicted octanol–water partition coefficient (Wildman–Crippen LogP) is 2.79. The first-order chi connectivity index (χ1) is 9.69. The van der Waals surface area contributed by atoms with Crippen LogP contribution < -0.4 is 0 Å². The van der Waals surface area contributed by atoms with Crippen LogP contribution in [0.1, 0.15) is 0 Å². The van der Waals surface area contributed by atoms with Crippen LogP contribution in [0, 0.1) is 0 Å². The van der Waals surface area contributed by atoms with Gasteiger partial charge < -0.3 is 0 Å². The van der Waals surface area contributed by atoms with Crippen LogP contribution in [0.5, 0.6) is 0 Å². The van der Waals surface area contributed by atoms with E-state index in [4.69, 9.17) is 0 Å². The summed E-state index contributed by atoms with van der Waals surface area (Å²) in [5, 5.41) is 0. The fourth-order valence-electron chi connectivity index (χ4n) is 1.99. The molecule has 1 aromatic carbocycles. The lowest BCUT2D eigenvalue weighted by molar-refractivity contribution is 0.588. The number of hydrogen-bond acceptors (Lipinski definition) is 3. The zero-order valence-electron chi connectivity index (χ0n) is 10.5. The van der Waals surface area contributed by atoms with Crippen LogP contribution in [0.4, 0.5) is 0 Å². The Balaban J connectivity index is 2.16. The lowest BCUT2D eigenvalue weighted by Gasteiger charge is -2.10. The molecular formula is C15H12N2O2S. The monoisotopic (exact) mass is 284 g/mol. The minimum Gasteiger partial charge on any atom is -0.255 e. The molecule has 100 valence electrons. The smallest absolute Gasteiger partial charge is 0.255 e. The molecule has 0 atom stereocenters. The molecule has 0 fully saturated rings.